The number of aryl methyl sites for hydroxylation is 1. The number of sulfonamides is 1. The lowest BCUT2D eigenvalue weighted by molar-refractivity contribution is 0.601. The number of aromatic nitrogens is 1. The van der Waals surface area contributed by atoms with E-state index in [1.807, 2.05) is 0 Å². The second kappa shape index (κ2) is 6.09. The molecule has 112 valence electrons. The molecule has 0 bridgehead atoms. The molecule has 0 unspecified atom stereocenters. The van der Waals surface area contributed by atoms with Crippen LogP contribution in [0.2, 0.25) is 10.0 Å². The van der Waals surface area contributed by atoms with Gasteiger partial charge in [0, 0.05) is 18.3 Å². The molecular formula is C13H13Cl2N3O2S. The van der Waals surface area contributed by atoms with Crippen LogP contribution < -0.4 is 10.0 Å². The Bertz CT molecular complexity index is 779. The van der Waals surface area contributed by atoms with Crippen LogP contribution in [0.1, 0.15) is 5.56 Å². The average molecular weight is 346 g/mol. The van der Waals surface area contributed by atoms with Crippen molar-refractivity contribution in [2.45, 2.75) is 11.8 Å². The fourth-order valence-corrected chi connectivity index (χ4v) is 3.44. The molecule has 0 aliphatic rings. The first-order valence-electron chi connectivity index (χ1n) is 5.96. The van der Waals surface area contributed by atoms with Gasteiger partial charge < -0.3 is 5.32 Å². The summed E-state index contributed by atoms with van der Waals surface area (Å²) in [4.78, 5) is 4.00. The van der Waals surface area contributed by atoms with E-state index in [-0.39, 0.29) is 21.4 Å². The normalized spacial score (nSPS) is 11.2. The quantitative estimate of drug-likeness (QED) is 0.888. The van der Waals surface area contributed by atoms with E-state index in [1.165, 1.54) is 18.3 Å². The summed E-state index contributed by atoms with van der Waals surface area (Å²) in [5.41, 5.74) is 0.986. The second-order valence-electron chi connectivity index (χ2n) is 4.29. The largest absolute Gasteiger partial charge is 0.372 e. The number of rotatable bonds is 4. The van der Waals surface area contributed by atoms with Gasteiger partial charge in [0.25, 0.3) is 10.0 Å². The molecule has 0 spiro atoms. The smallest absolute Gasteiger partial charge is 0.265 e. The maximum atomic E-state index is 12.4. The Kier molecular flexibility index (Phi) is 4.61. The average Bonchev–Trinajstić information content (AvgIpc) is 2.44. The van der Waals surface area contributed by atoms with E-state index in [0.29, 0.717) is 5.02 Å². The van der Waals surface area contributed by atoms with Crippen LogP contribution in [-0.4, -0.2) is 20.4 Å². The Hall–Kier alpha value is -1.50. The minimum atomic E-state index is -3.83. The molecule has 5 nitrogen and oxygen atoms in total. The van der Waals surface area contributed by atoms with Crippen LogP contribution in [0, 0.1) is 6.92 Å². The Balaban J connectivity index is 2.45. The summed E-state index contributed by atoms with van der Waals surface area (Å²) >= 11 is 12.1. The van der Waals surface area contributed by atoms with Crippen molar-refractivity contribution in [2.24, 2.45) is 0 Å². The Morgan fingerprint density at radius 3 is 2.57 bits per heavy atom. The molecule has 0 aliphatic heterocycles. The Morgan fingerprint density at radius 2 is 1.90 bits per heavy atom. The van der Waals surface area contributed by atoms with Crippen LogP contribution in [0.15, 0.2) is 35.4 Å². The fourth-order valence-electron chi connectivity index (χ4n) is 1.72. The number of nitrogens with zero attached hydrogens (tertiary/aromatic N) is 1. The zero-order valence-corrected chi connectivity index (χ0v) is 13.6. The maximum Gasteiger partial charge on any atom is 0.265 e. The third kappa shape index (κ3) is 3.40. The highest BCUT2D eigenvalue weighted by Gasteiger charge is 2.20. The lowest BCUT2D eigenvalue weighted by atomic mass is 10.2. The van der Waals surface area contributed by atoms with Crippen molar-refractivity contribution in [3.63, 3.8) is 0 Å². The summed E-state index contributed by atoms with van der Waals surface area (Å²) in [6.45, 7) is 1.78. The first-order chi connectivity index (χ1) is 9.85. The SMILES string of the molecule is CNc1ncccc1S(=O)(=O)Nc1cc(Cl)c(C)cc1Cl. The molecule has 0 fully saturated rings. The van der Waals surface area contributed by atoms with Gasteiger partial charge in [-0.05, 0) is 36.8 Å². The van der Waals surface area contributed by atoms with E-state index in [9.17, 15) is 8.42 Å². The van der Waals surface area contributed by atoms with Crippen molar-refractivity contribution in [1.82, 2.24) is 4.98 Å². The lowest BCUT2D eigenvalue weighted by Gasteiger charge is -2.13. The number of anilines is 2. The zero-order chi connectivity index (χ0) is 15.6. The molecule has 0 saturated heterocycles. The summed E-state index contributed by atoms with van der Waals surface area (Å²) in [7, 11) is -2.23. The highest BCUT2D eigenvalue weighted by Crippen LogP contribution is 2.31. The van der Waals surface area contributed by atoms with Gasteiger partial charge >= 0.3 is 0 Å². The van der Waals surface area contributed by atoms with E-state index in [2.05, 4.69) is 15.0 Å². The molecular weight excluding hydrogens is 333 g/mol. The molecule has 8 heteroatoms. The van der Waals surface area contributed by atoms with Crippen LogP contribution >= 0.6 is 23.2 Å². The molecule has 2 rings (SSSR count). The van der Waals surface area contributed by atoms with Crippen LogP contribution in [0.4, 0.5) is 11.5 Å². The van der Waals surface area contributed by atoms with Gasteiger partial charge in [0.05, 0.1) is 10.7 Å². The van der Waals surface area contributed by atoms with E-state index >= 15 is 0 Å². The van der Waals surface area contributed by atoms with Gasteiger partial charge in [-0.25, -0.2) is 13.4 Å². The number of halogens is 2. The van der Waals surface area contributed by atoms with Gasteiger partial charge in [0.15, 0.2) is 0 Å². The highest BCUT2D eigenvalue weighted by molar-refractivity contribution is 7.92. The topological polar surface area (TPSA) is 71.1 Å². The minimum absolute atomic E-state index is 0.0280. The first kappa shape index (κ1) is 15.9. The first-order valence-corrected chi connectivity index (χ1v) is 8.20. The summed E-state index contributed by atoms with van der Waals surface area (Å²) in [5, 5.41) is 3.43. The fraction of sp³-hybridized carbons (Fsp3) is 0.154. The monoisotopic (exact) mass is 345 g/mol. The molecule has 0 amide bonds. The predicted octanol–water partition coefficient (Wildman–Crippen LogP) is 3.54. The molecule has 21 heavy (non-hydrogen) atoms. The second-order valence-corrected chi connectivity index (χ2v) is 6.75. The van der Waals surface area contributed by atoms with Crippen molar-refractivity contribution in [3.05, 3.63) is 46.1 Å². The molecule has 2 aromatic rings. The molecule has 2 N–H and O–H groups in total. The van der Waals surface area contributed by atoms with Gasteiger partial charge in [0.1, 0.15) is 10.7 Å². The Morgan fingerprint density at radius 1 is 1.19 bits per heavy atom. The zero-order valence-electron chi connectivity index (χ0n) is 11.3. The molecule has 0 atom stereocenters. The lowest BCUT2D eigenvalue weighted by Crippen LogP contribution is -2.15. The molecule has 0 aliphatic carbocycles. The molecule has 1 aromatic carbocycles. The third-order valence-corrected chi connectivity index (χ3v) is 4.91. The van der Waals surface area contributed by atoms with Crippen LogP contribution in [-0.2, 0) is 10.0 Å². The maximum absolute atomic E-state index is 12.4. The van der Waals surface area contributed by atoms with Crippen molar-refractivity contribution in [2.75, 3.05) is 17.1 Å². The van der Waals surface area contributed by atoms with Gasteiger partial charge in [-0.2, -0.15) is 0 Å². The number of hydrogen-bond donors (Lipinski definition) is 2. The Labute approximate surface area is 133 Å². The van der Waals surface area contributed by atoms with Gasteiger partial charge in [-0.1, -0.05) is 23.2 Å². The van der Waals surface area contributed by atoms with Crippen LogP contribution in [0.25, 0.3) is 0 Å². The predicted molar refractivity (Wildman–Crippen MR) is 85.8 cm³/mol. The van der Waals surface area contributed by atoms with Gasteiger partial charge in [-0.15, -0.1) is 0 Å². The summed E-state index contributed by atoms with van der Waals surface area (Å²) in [6.07, 6.45) is 1.50. The molecule has 1 aromatic heterocycles. The van der Waals surface area contributed by atoms with Crippen LogP contribution in [0.3, 0.4) is 0 Å². The number of nitrogens with one attached hydrogen (secondary N) is 2. The van der Waals surface area contributed by atoms with Crippen molar-refractivity contribution in [1.29, 1.82) is 0 Å². The number of hydrogen-bond acceptors (Lipinski definition) is 4. The summed E-state index contributed by atoms with van der Waals surface area (Å²) in [5.74, 6) is 0.249. The number of pyridine rings is 1. The van der Waals surface area contributed by atoms with Crippen molar-refractivity contribution >= 4 is 44.7 Å². The van der Waals surface area contributed by atoms with Gasteiger partial charge in [0.2, 0.25) is 0 Å². The molecule has 1 heterocycles. The van der Waals surface area contributed by atoms with Crippen molar-refractivity contribution < 1.29 is 8.42 Å². The highest BCUT2D eigenvalue weighted by atomic mass is 35.5. The van der Waals surface area contributed by atoms with E-state index in [1.54, 1.807) is 26.1 Å². The van der Waals surface area contributed by atoms with Crippen molar-refractivity contribution in [3.8, 4) is 0 Å². The third-order valence-electron chi connectivity index (χ3n) is 2.79. The minimum Gasteiger partial charge on any atom is -0.372 e. The van der Waals surface area contributed by atoms with E-state index in [0.717, 1.165) is 5.56 Å². The molecule has 0 saturated carbocycles. The van der Waals surface area contributed by atoms with E-state index < -0.39 is 10.0 Å². The summed E-state index contributed by atoms with van der Waals surface area (Å²) in [6, 6.07) is 6.07. The summed E-state index contributed by atoms with van der Waals surface area (Å²) < 4.78 is 27.3. The van der Waals surface area contributed by atoms with Gasteiger partial charge in [-0.3, -0.25) is 4.72 Å². The standard InChI is InChI=1S/C13H13Cl2N3O2S/c1-8-6-10(15)11(7-9(8)14)18-21(19,20)12-4-3-5-17-13(12)16-2/h3-7,18H,1-2H3,(H,16,17). The molecule has 0 radical (unpaired) electrons. The van der Waals surface area contributed by atoms with Crippen LogP contribution in [0.5, 0.6) is 0 Å². The van der Waals surface area contributed by atoms with E-state index in [4.69, 9.17) is 23.2 Å². The number of benzene rings is 1.